The molecule has 0 aromatic heterocycles. The van der Waals surface area contributed by atoms with Gasteiger partial charge in [-0.15, -0.1) is 0 Å². The first-order valence-electron chi connectivity index (χ1n) is 17.9. The Hall–Kier alpha value is -3.88. The monoisotopic (exact) mass is 715 g/mol. The summed E-state index contributed by atoms with van der Waals surface area (Å²) in [6, 6.07) is 5.55. The number of nitrogens with one attached hydrogen (secondary N) is 3. The zero-order chi connectivity index (χ0) is 35.8. The number of fused-ring (bicyclic) bond motifs is 3. The summed E-state index contributed by atoms with van der Waals surface area (Å²) < 4.78 is 39.1. The van der Waals surface area contributed by atoms with Crippen LogP contribution in [0.5, 0.6) is 0 Å². The van der Waals surface area contributed by atoms with Crippen molar-refractivity contribution < 1.29 is 41.9 Å². The molecule has 14 nitrogen and oxygen atoms in total. The number of amides is 5. The van der Waals surface area contributed by atoms with Crippen LogP contribution in [0.4, 0.5) is 9.59 Å². The van der Waals surface area contributed by atoms with Crippen LogP contribution in [-0.4, -0.2) is 89.2 Å². The Bertz CT molecular complexity index is 1600. The third-order valence-electron chi connectivity index (χ3n) is 10.3. The van der Waals surface area contributed by atoms with E-state index < -0.39 is 74.5 Å². The van der Waals surface area contributed by atoms with E-state index in [0.717, 1.165) is 36.8 Å². The van der Waals surface area contributed by atoms with Gasteiger partial charge in [0.1, 0.15) is 29.3 Å². The average molecular weight is 716 g/mol. The molecule has 2 saturated heterocycles. The summed E-state index contributed by atoms with van der Waals surface area (Å²) in [7, 11) is -3.87. The molecular formula is C35H49N5O9S. The van der Waals surface area contributed by atoms with Crippen LogP contribution in [0.1, 0.15) is 103 Å². The zero-order valence-electron chi connectivity index (χ0n) is 29.1. The summed E-state index contributed by atoms with van der Waals surface area (Å²) in [6.45, 7) is 5.80. The van der Waals surface area contributed by atoms with Crippen LogP contribution >= 0.6 is 0 Å². The predicted octanol–water partition coefficient (Wildman–Crippen LogP) is 3.23. The fourth-order valence-electron chi connectivity index (χ4n) is 7.38. The van der Waals surface area contributed by atoms with Crippen LogP contribution in [0.3, 0.4) is 0 Å². The van der Waals surface area contributed by atoms with Crippen LogP contribution < -0.4 is 15.4 Å². The maximum absolute atomic E-state index is 14.3. The van der Waals surface area contributed by atoms with E-state index in [0.29, 0.717) is 45.2 Å². The van der Waals surface area contributed by atoms with Gasteiger partial charge >= 0.3 is 12.2 Å². The van der Waals surface area contributed by atoms with Gasteiger partial charge in [-0.2, -0.15) is 0 Å². The number of nitrogens with zero attached hydrogens (tertiary/aromatic N) is 2. The van der Waals surface area contributed by atoms with Gasteiger partial charge in [0, 0.05) is 19.5 Å². The molecule has 3 heterocycles. The summed E-state index contributed by atoms with van der Waals surface area (Å²) in [5.41, 5.74) is -0.209. The van der Waals surface area contributed by atoms with Gasteiger partial charge < -0.3 is 25.0 Å². The van der Waals surface area contributed by atoms with E-state index in [9.17, 15) is 32.4 Å². The topological polar surface area (TPSA) is 181 Å². The Morgan fingerprint density at radius 2 is 1.58 bits per heavy atom. The summed E-state index contributed by atoms with van der Waals surface area (Å²) in [5.74, 6) is -2.19. The van der Waals surface area contributed by atoms with Gasteiger partial charge in [0.15, 0.2) is 0 Å². The van der Waals surface area contributed by atoms with Crippen LogP contribution in [0.25, 0.3) is 0 Å². The predicted molar refractivity (Wildman–Crippen MR) is 181 cm³/mol. The smallest absolute Gasteiger partial charge is 0.410 e. The largest absolute Gasteiger partial charge is 0.444 e. The normalized spacial score (nSPS) is 28.9. The number of carbonyl (C=O) groups excluding carboxylic acids is 5. The van der Waals surface area contributed by atoms with Gasteiger partial charge in [0.2, 0.25) is 21.8 Å². The number of hydrogen-bond donors (Lipinski definition) is 3. The second-order valence-electron chi connectivity index (χ2n) is 15.5. The van der Waals surface area contributed by atoms with Crippen LogP contribution in [0.15, 0.2) is 24.3 Å². The molecule has 3 aliphatic heterocycles. The molecule has 5 aliphatic rings. The highest BCUT2D eigenvalue weighted by Gasteiger charge is 2.62. The molecule has 15 heteroatoms. The third kappa shape index (κ3) is 8.18. The summed E-state index contributed by atoms with van der Waals surface area (Å²) in [6.07, 6.45) is 3.92. The third-order valence-corrected chi connectivity index (χ3v) is 12.1. The molecule has 0 radical (unpaired) electrons. The van der Waals surface area contributed by atoms with Gasteiger partial charge in [0.25, 0.3) is 5.91 Å². The molecule has 4 fully saturated rings. The molecule has 5 amide bonds. The molecule has 1 aromatic rings. The van der Waals surface area contributed by atoms with E-state index in [-0.39, 0.29) is 25.3 Å². The Morgan fingerprint density at radius 3 is 2.22 bits per heavy atom. The number of ether oxygens (including phenoxy) is 2. The van der Waals surface area contributed by atoms with Crippen LogP contribution in [0.2, 0.25) is 0 Å². The first-order chi connectivity index (χ1) is 23.6. The van der Waals surface area contributed by atoms with Crippen molar-refractivity contribution in [1.29, 1.82) is 0 Å². The maximum Gasteiger partial charge on any atom is 0.410 e. The molecule has 6 rings (SSSR count). The second-order valence-corrected chi connectivity index (χ2v) is 17.4. The van der Waals surface area contributed by atoms with E-state index >= 15 is 0 Å². The van der Waals surface area contributed by atoms with Crippen molar-refractivity contribution in [2.75, 3.05) is 6.54 Å². The number of benzene rings is 1. The zero-order valence-corrected chi connectivity index (χ0v) is 29.9. The summed E-state index contributed by atoms with van der Waals surface area (Å²) in [5, 5.41) is 4.96. The number of rotatable bonds is 5. The van der Waals surface area contributed by atoms with E-state index in [4.69, 9.17) is 9.47 Å². The van der Waals surface area contributed by atoms with Gasteiger partial charge in [-0.05, 0) is 69.9 Å². The minimum absolute atomic E-state index is 0.0357. The molecule has 0 spiro atoms. The number of alkyl carbamates (subject to hydrolysis) is 1. The summed E-state index contributed by atoms with van der Waals surface area (Å²) >= 11 is 0. The lowest BCUT2D eigenvalue weighted by molar-refractivity contribution is -0.141. The SMILES string of the molecule is CC(C)(C)OC(=O)N[C@H]1CCCCCCC[C@H]2C[C@@]2(C(=O)NS(=O)(=O)C2CC2)NC(=O)[C@@H]2C[C@@H](OC(=O)N3Cc4ccccc4C3)CN2C1=O. The van der Waals surface area contributed by atoms with Crippen LogP contribution in [0, 0.1) is 5.92 Å². The van der Waals surface area contributed by atoms with Crippen molar-refractivity contribution in [3.63, 3.8) is 0 Å². The van der Waals surface area contributed by atoms with Crippen molar-refractivity contribution in [2.45, 2.75) is 139 Å². The Balaban J connectivity index is 1.24. The van der Waals surface area contributed by atoms with Crippen molar-refractivity contribution in [1.82, 2.24) is 25.2 Å². The van der Waals surface area contributed by atoms with E-state index in [1.807, 2.05) is 24.3 Å². The lowest BCUT2D eigenvalue weighted by Gasteiger charge is -2.30. The Labute approximate surface area is 293 Å². The Kier molecular flexibility index (Phi) is 10.1. The molecule has 1 aromatic carbocycles. The van der Waals surface area contributed by atoms with E-state index in [1.165, 1.54) is 4.90 Å². The molecule has 0 unspecified atom stereocenters. The minimum atomic E-state index is -3.87. The molecule has 50 heavy (non-hydrogen) atoms. The first-order valence-corrected chi connectivity index (χ1v) is 19.4. The highest BCUT2D eigenvalue weighted by molar-refractivity contribution is 7.91. The van der Waals surface area contributed by atoms with Crippen LogP contribution in [-0.2, 0) is 47.0 Å². The molecule has 0 bridgehead atoms. The lowest BCUT2D eigenvalue weighted by Crippen LogP contribution is -2.58. The highest BCUT2D eigenvalue weighted by Crippen LogP contribution is 2.48. The molecule has 3 N–H and O–H groups in total. The second kappa shape index (κ2) is 14.0. The van der Waals surface area contributed by atoms with E-state index in [2.05, 4.69) is 15.4 Å². The van der Waals surface area contributed by atoms with Crippen molar-refractivity contribution >= 4 is 39.9 Å². The van der Waals surface area contributed by atoms with Gasteiger partial charge in [-0.25, -0.2) is 18.0 Å². The number of hydrogen-bond acceptors (Lipinski definition) is 9. The number of sulfonamides is 1. The molecule has 5 atom stereocenters. The standard InChI is InChI=1S/C35H49N5O9S/c1-34(2,3)49-32(44)36-27-14-8-6-4-5-7-13-24-18-35(24,31(43)38-50(46,47)26-15-16-26)37-29(41)28-17-25(21-40(28)30(27)42)48-33(45)39-19-22-11-9-10-12-23(22)20-39/h9-12,24-28H,4-8,13-21H2,1-3H3,(H,36,44)(H,37,41)(H,38,43)/t24-,25+,27-,28-,35+/m0/s1. The van der Waals surface area contributed by atoms with Gasteiger partial charge in [0.05, 0.1) is 11.8 Å². The van der Waals surface area contributed by atoms with Gasteiger partial charge in [-0.1, -0.05) is 56.4 Å². The maximum atomic E-state index is 14.3. The van der Waals surface area contributed by atoms with E-state index in [1.54, 1.807) is 25.7 Å². The lowest BCUT2D eigenvalue weighted by atomic mass is 10.0. The fraction of sp³-hybridized carbons (Fsp3) is 0.686. The molecule has 274 valence electrons. The first kappa shape index (κ1) is 35.9. The molecule has 2 aliphatic carbocycles. The highest BCUT2D eigenvalue weighted by atomic mass is 32.2. The molecular weight excluding hydrogens is 666 g/mol. The Morgan fingerprint density at radius 1 is 0.940 bits per heavy atom. The minimum Gasteiger partial charge on any atom is -0.444 e. The summed E-state index contributed by atoms with van der Waals surface area (Å²) in [4.78, 5) is 71.2. The quantitative estimate of drug-likeness (QED) is 0.413. The fourth-order valence-corrected chi connectivity index (χ4v) is 8.75. The van der Waals surface area contributed by atoms with Crippen molar-refractivity contribution in [2.24, 2.45) is 5.92 Å². The average Bonchev–Trinajstić information content (AvgIpc) is 3.92. The number of carbonyl (C=O) groups is 5. The van der Waals surface area contributed by atoms with Crippen molar-refractivity contribution in [3.05, 3.63) is 35.4 Å². The van der Waals surface area contributed by atoms with Crippen molar-refractivity contribution in [3.8, 4) is 0 Å². The molecule has 2 saturated carbocycles. The van der Waals surface area contributed by atoms with Gasteiger partial charge in [-0.3, -0.25) is 24.0 Å².